The van der Waals surface area contributed by atoms with Gasteiger partial charge in [-0.3, -0.25) is 0 Å². The molecule has 1 atom stereocenters. The zero-order valence-electron chi connectivity index (χ0n) is 9.12. The van der Waals surface area contributed by atoms with Gasteiger partial charge in [0.05, 0.1) is 6.10 Å². The highest BCUT2D eigenvalue weighted by Crippen LogP contribution is 2.23. The van der Waals surface area contributed by atoms with Gasteiger partial charge < -0.3 is 15.2 Å². The number of halogens is 1. The van der Waals surface area contributed by atoms with Gasteiger partial charge >= 0.3 is 0 Å². The predicted octanol–water partition coefficient (Wildman–Crippen LogP) is 2.36. The van der Waals surface area contributed by atoms with Crippen molar-refractivity contribution in [2.45, 2.75) is 25.5 Å². The lowest BCUT2D eigenvalue weighted by Gasteiger charge is -2.12. The molecule has 0 radical (unpaired) electrons. The topological polar surface area (TPSA) is 44.5 Å². The first-order valence-corrected chi connectivity index (χ1v) is 5.90. The van der Waals surface area contributed by atoms with Crippen LogP contribution in [-0.2, 0) is 11.3 Å². The molecule has 0 saturated carbocycles. The summed E-state index contributed by atoms with van der Waals surface area (Å²) in [5, 5.41) is 0.660. The van der Waals surface area contributed by atoms with Gasteiger partial charge in [0.1, 0.15) is 12.4 Å². The van der Waals surface area contributed by atoms with E-state index in [1.165, 1.54) is 0 Å². The Labute approximate surface area is 100 Å². The highest BCUT2D eigenvalue weighted by Gasteiger charge is 2.16. The fourth-order valence-electron chi connectivity index (χ4n) is 1.75. The zero-order valence-corrected chi connectivity index (χ0v) is 9.87. The monoisotopic (exact) mass is 241 g/mol. The molecule has 0 aromatic heterocycles. The van der Waals surface area contributed by atoms with Crippen LogP contribution in [0.15, 0.2) is 18.2 Å². The van der Waals surface area contributed by atoms with E-state index in [1.807, 2.05) is 12.1 Å². The molecule has 1 unspecified atom stereocenters. The second-order valence-corrected chi connectivity index (χ2v) is 4.31. The smallest absolute Gasteiger partial charge is 0.120 e. The fourth-order valence-corrected chi connectivity index (χ4v) is 2.00. The maximum absolute atomic E-state index is 6.03. The highest BCUT2D eigenvalue weighted by molar-refractivity contribution is 6.31. The Kier molecular flexibility index (Phi) is 4.04. The quantitative estimate of drug-likeness (QED) is 0.880. The summed E-state index contributed by atoms with van der Waals surface area (Å²) in [7, 11) is 0. The van der Waals surface area contributed by atoms with Crippen molar-refractivity contribution in [3.8, 4) is 5.75 Å². The Morgan fingerprint density at radius 1 is 1.50 bits per heavy atom. The van der Waals surface area contributed by atoms with Crippen LogP contribution in [0, 0.1) is 0 Å². The summed E-state index contributed by atoms with van der Waals surface area (Å²) < 4.78 is 11.1. The molecular weight excluding hydrogens is 226 g/mol. The number of nitrogens with two attached hydrogens (primary N) is 1. The van der Waals surface area contributed by atoms with Crippen LogP contribution in [0.2, 0.25) is 5.02 Å². The summed E-state index contributed by atoms with van der Waals surface area (Å²) in [6.07, 6.45) is 2.43. The lowest BCUT2D eigenvalue weighted by molar-refractivity contribution is 0.0679. The predicted molar refractivity (Wildman–Crippen MR) is 63.8 cm³/mol. The molecule has 88 valence electrons. The summed E-state index contributed by atoms with van der Waals surface area (Å²) >= 11 is 6.03. The first kappa shape index (κ1) is 11.7. The first-order valence-electron chi connectivity index (χ1n) is 5.52. The van der Waals surface area contributed by atoms with Crippen molar-refractivity contribution in [3.63, 3.8) is 0 Å². The van der Waals surface area contributed by atoms with Gasteiger partial charge in [-0.15, -0.1) is 0 Å². The van der Waals surface area contributed by atoms with Crippen LogP contribution < -0.4 is 10.5 Å². The summed E-state index contributed by atoms with van der Waals surface area (Å²) in [5.74, 6) is 0.776. The van der Waals surface area contributed by atoms with Crippen LogP contribution in [0.4, 0.5) is 0 Å². The maximum atomic E-state index is 6.03. The normalized spacial score (nSPS) is 20.0. The minimum atomic E-state index is 0.230. The number of hydrogen-bond acceptors (Lipinski definition) is 3. The van der Waals surface area contributed by atoms with Gasteiger partial charge in [0.2, 0.25) is 0 Å². The maximum Gasteiger partial charge on any atom is 0.120 e. The first-order chi connectivity index (χ1) is 7.79. The molecule has 4 heteroatoms. The van der Waals surface area contributed by atoms with Gasteiger partial charge in [0, 0.05) is 18.2 Å². The SMILES string of the molecule is NCc1ccc(OCC2CCCO2)cc1Cl. The van der Waals surface area contributed by atoms with Crippen molar-refractivity contribution in [1.29, 1.82) is 0 Å². The Bertz CT molecular complexity index is 351. The average molecular weight is 242 g/mol. The molecule has 0 aliphatic carbocycles. The van der Waals surface area contributed by atoms with Crippen LogP contribution in [0.5, 0.6) is 5.75 Å². The van der Waals surface area contributed by atoms with Crippen LogP contribution in [-0.4, -0.2) is 19.3 Å². The Balaban J connectivity index is 1.91. The Hall–Kier alpha value is -0.770. The van der Waals surface area contributed by atoms with Gasteiger partial charge in [-0.2, -0.15) is 0 Å². The average Bonchev–Trinajstić information content (AvgIpc) is 2.79. The van der Waals surface area contributed by atoms with E-state index in [9.17, 15) is 0 Å². The molecule has 2 rings (SSSR count). The third-order valence-corrected chi connectivity index (χ3v) is 3.06. The van der Waals surface area contributed by atoms with Crippen molar-refractivity contribution in [3.05, 3.63) is 28.8 Å². The Morgan fingerprint density at radius 2 is 2.38 bits per heavy atom. The molecule has 1 aromatic rings. The fraction of sp³-hybridized carbons (Fsp3) is 0.500. The number of benzene rings is 1. The highest BCUT2D eigenvalue weighted by atomic mass is 35.5. The summed E-state index contributed by atoms with van der Waals surface area (Å²) in [5.41, 5.74) is 6.47. The minimum absolute atomic E-state index is 0.230. The molecule has 1 aliphatic heterocycles. The van der Waals surface area contributed by atoms with Crippen LogP contribution in [0.1, 0.15) is 18.4 Å². The van der Waals surface area contributed by atoms with Gasteiger partial charge in [-0.1, -0.05) is 17.7 Å². The number of rotatable bonds is 4. The molecule has 0 amide bonds. The molecule has 16 heavy (non-hydrogen) atoms. The van der Waals surface area contributed by atoms with Gasteiger partial charge in [0.25, 0.3) is 0 Å². The lowest BCUT2D eigenvalue weighted by atomic mass is 10.2. The summed E-state index contributed by atoms with van der Waals surface area (Å²) in [4.78, 5) is 0. The molecule has 0 bridgehead atoms. The summed E-state index contributed by atoms with van der Waals surface area (Å²) in [6, 6.07) is 5.59. The van der Waals surface area contributed by atoms with E-state index in [-0.39, 0.29) is 6.10 Å². The second kappa shape index (κ2) is 5.53. The minimum Gasteiger partial charge on any atom is -0.491 e. The van der Waals surface area contributed by atoms with Crippen LogP contribution in [0.25, 0.3) is 0 Å². The van der Waals surface area contributed by atoms with E-state index in [4.69, 9.17) is 26.8 Å². The molecule has 3 nitrogen and oxygen atoms in total. The molecular formula is C12H16ClNO2. The molecule has 2 N–H and O–H groups in total. The van der Waals surface area contributed by atoms with Crippen molar-refractivity contribution < 1.29 is 9.47 Å². The van der Waals surface area contributed by atoms with E-state index >= 15 is 0 Å². The molecule has 0 spiro atoms. The summed E-state index contributed by atoms with van der Waals surface area (Å²) in [6.45, 7) is 1.89. The standard InChI is InChI=1S/C12H16ClNO2/c13-12-6-10(4-3-9(12)7-14)16-8-11-2-1-5-15-11/h3-4,6,11H,1-2,5,7-8,14H2. The van der Waals surface area contributed by atoms with Crippen LogP contribution in [0.3, 0.4) is 0 Å². The van der Waals surface area contributed by atoms with E-state index in [1.54, 1.807) is 6.07 Å². The molecule has 1 heterocycles. The van der Waals surface area contributed by atoms with Gasteiger partial charge in [-0.05, 0) is 30.5 Å². The zero-order chi connectivity index (χ0) is 11.4. The largest absolute Gasteiger partial charge is 0.491 e. The van der Waals surface area contributed by atoms with Crippen molar-refractivity contribution in [1.82, 2.24) is 0 Å². The second-order valence-electron chi connectivity index (χ2n) is 3.90. The lowest BCUT2D eigenvalue weighted by Crippen LogP contribution is -2.16. The molecule has 1 aromatic carbocycles. The van der Waals surface area contributed by atoms with E-state index in [2.05, 4.69) is 0 Å². The number of hydrogen-bond donors (Lipinski definition) is 1. The van der Waals surface area contributed by atoms with Crippen molar-refractivity contribution in [2.24, 2.45) is 5.73 Å². The third kappa shape index (κ3) is 2.88. The van der Waals surface area contributed by atoms with Gasteiger partial charge in [0.15, 0.2) is 0 Å². The van der Waals surface area contributed by atoms with E-state index < -0.39 is 0 Å². The van der Waals surface area contributed by atoms with Gasteiger partial charge in [-0.25, -0.2) is 0 Å². The Morgan fingerprint density at radius 3 is 3.00 bits per heavy atom. The number of ether oxygens (including phenoxy) is 2. The van der Waals surface area contributed by atoms with Crippen molar-refractivity contribution >= 4 is 11.6 Å². The molecule has 1 fully saturated rings. The van der Waals surface area contributed by atoms with Crippen molar-refractivity contribution in [2.75, 3.05) is 13.2 Å². The molecule has 1 saturated heterocycles. The van der Waals surface area contributed by atoms with E-state index in [0.29, 0.717) is 18.2 Å². The molecule has 1 aliphatic rings. The third-order valence-electron chi connectivity index (χ3n) is 2.70. The van der Waals surface area contributed by atoms with Crippen LogP contribution >= 0.6 is 11.6 Å². The van der Waals surface area contributed by atoms with E-state index in [0.717, 1.165) is 30.8 Å².